The van der Waals surface area contributed by atoms with E-state index in [9.17, 15) is 23.4 Å². The second kappa shape index (κ2) is 7.98. The highest BCUT2D eigenvalue weighted by Gasteiger charge is 2.20. The van der Waals surface area contributed by atoms with Crippen molar-refractivity contribution < 1.29 is 23.4 Å². The minimum Gasteiger partial charge on any atom is -0.504 e. The summed E-state index contributed by atoms with van der Waals surface area (Å²) in [6.45, 7) is 0. The maximum absolute atomic E-state index is 12.9. The van der Waals surface area contributed by atoms with Crippen molar-refractivity contribution in [3.05, 3.63) is 95.7 Å². The molecule has 3 aromatic rings. The Kier molecular flexibility index (Phi) is 5.47. The number of ketones is 1. The van der Waals surface area contributed by atoms with Crippen LogP contribution in [0.1, 0.15) is 15.9 Å². The van der Waals surface area contributed by atoms with Gasteiger partial charge in [0.15, 0.2) is 11.5 Å². The summed E-state index contributed by atoms with van der Waals surface area (Å²) in [7, 11) is -4.00. The molecule has 0 atom stereocenters. The highest BCUT2D eigenvalue weighted by molar-refractivity contribution is 7.89. The third-order valence-corrected chi connectivity index (χ3v) is 5.27. The predicted molar refractivity (Wildman–Crippen MR) is 105 cm³/mol. The maximum Gasteiger partial charge on any atom is 0.262 e. The van der Waals surface area contributed by atoms with Gasteiger partial charge in [0.2, 0.25) is 5.78 Å². The number of carbonyl (C=O) groups is 1. The minimum absolute atomic E-state index is 0.00955. The fourth-order valence-corrected chi connectivity index (χ4v) is 3.56. The predicted octanol–water partition coefficient (Wildman–Crippen LogP) is 3.30. The standard InChI is InChI=1S/C21H17NO5S/c23-19-12-11-15(14-20(19)24)13-18(21(25)16-7-3-1-4-8-16)22-28(26,27)17-9-5-2-6-10-17/h1-14,22-24H. The van der Waals surface area contributed by atoms with E-state index < -0.39 is 15.8 Å². The number of Topliss-reactive ketones (excluding diaryl/α,β-unsaturated/α-hetero) is 1. The Morgan fingerprint density at radius 2 is 1.43 bits per heavy atom. The molecule has 0 amide bonds. The Hall–Kier alpha value is -3.58. The number of phenols is 2. The van der Waals surface area contributed by atoms with Crippen LogP contribution in [0.25, 0.3) is 6.08 Å². The van der Waals surface area contributed by atoms with Gasteiger partial charge in [-0.05, 0) is 35.9 Å². The van der Waals surface area contributed by atoms with Crippen LogP contribution in [0.3, 0.4) is 0 Å². The van der Waals surface area contributed by atoms with Gasteiger partial charge in [0.1, 0.15) is 0 Å². The smallest absolute Gasteiger partial charge is 0.262 e. The second-order valence-corrected chi connectivity index (χ2v) is 7.60. The Morgan fingerprint density at radius 3 is 2.04 bits per heavy atom. The van der Waals surface area contributed by atoms with Crippen molar-refractivity contribution in [1.82, 2.24) is 4.72 Å². The molecule has 0 saturated carbocycles. The lowest BCUT2D eigenvalue weighted by atomic mass is 10.1. The van der Waals surface area contributed by atoms with Crippen LogP contribution >= 0.6 is 0 Å². The molecule has 6 nitrogen and oxygen atoms in total. The molecule has 0 unspecified atom stereocenters. The summed E-state index contributed by atoms with van der Waals surface area (Å²) < 4.78 is 27.7. The number of allylic oxidation sites excluding steroid dienone is 1. The van der Waals surface area contributed by atoms with Crippen molar-refractivity contribution in [2.24, 2.45) is 0 Å². The number of phenolic OH excluding ortho intramolecular Hbond substituents is 2. The van der Waals surface area contributed by atoms with Crippen molar-refractivity contribution in [1.29, 1.82) is 0 Å². The van der Waals surface area contributed by atoms with Gasteiger partial charge in [-0.1, -0.05) is 54.6 Å². The summed E-state index contributed by atoms with van der Waals surface area (Å²) >= 11 is 0. The van der Waals surface area contributed by atoms with Crippen LogP contribution in [-0.2, 0) is 10.0 Å². The molecule has 0 radical (unpaired) electrons. The van der Waals surface area contributed by atoms with Crippen LogP contribution < -0.4 is 4.72 Å². The van der Waals surface area contributed by atoms with E-state index >= 15 is 0 Å². The Labute approximate surface area is 162 Å². The molecule has 142 valence electrons. The number of aromatic hydroxyl groups is 2. The molecule has 0 fully saturated rings. The normalized spacial score (nSPS) is 11.8. The van der Waals surface area contributed by atoms with Crippen LogP contribution in [0.2, 0.25) is 0 Å². The summed E-state index contributed by atoms with van der Waals surface area (Å²) in [4.78, 5) is 12.9. The molecule has 0 saturated heterocycles. The average molecular weight is 395 g/mol. The maximum atomic E-state index is 12.9. The monoisotopic (exact) mass is 395 g/mol. The largest absolute Gasteiger partial charge is 0.504 e. The van der Waals surface area contributed by atoms with E-state index in [2.05, 4.69) is 4.72 Å². The summed E-state index contributed by atoms with van der Waals surface area (Å²) in [5.74, 6) is -1.24. The topological polar surface area (TPSA) is 104 Å². The van der Waals surface area contributed by atoms with E-state index in [0.29, 0.717) is 11.1 Å². The number of nitrogens with one attached hydrogen (secondary N) is 1. The van der Waals surface area contributed by atoms with Gasteiger partial charge < -0.3 is 10.2 Å². The second-order valence-electron chi connectivity index (χ2n) is 5.92. The molecule has 0 spiro atoms. The van der Waals surface area contributed by atoms with E-state index in [1.54, 1.807) is 48.5 Å². The molecule has 0 aliphatic rings. The van der Waals surface area contributed by atoms with Gasteiger partial charge in [-0.3, -0.25) is 9.52 Å². The van der Waals surface area contributed by atoms with Crippen LogP contribution in [0.4, 0.5) is 0 Å². The first-order valence-corrected chi connectivity index (χ1v) is 9.76. The molecule has 0 bridgehead atoms. The lowest BCUT2D eigenvalue weighted by Crippen LogP contribution is -2.27. The number of carbonyl (C=O) groups excluding carboxylic acids is 1. The molecule has 3 rings (SSSR count). The van der Waals surface area contributed by atoms with Gasteiger partial charge in [-0.15, -0.1) is 0 Å². The van der Waals surface area contributed by atoms with Crippen molar-refractivity contribution >= 4 is 21.9 Å². The van der Waals surface area contributed by atoms with Crippen LogP contribution in [0.15, 0.2) is 89.5 Å². The molecule has 0 aromatic heterocycles. The molecule has 3 aromatic carbocycles. The zero-order valence-corrected chi connectivity index (χ0v) is 15.4. The first-order chi connectivity index (χ1) is 13.4. The average Bonchev–Trinajstić information content (AvgIpc) is 2.71. The lowest BCUT2D eigenvalue weighted by molar-refractivity contribution is 0.103. The van der Waals surface area contributed by atoms with Crippen molar-refractivity contribution in [3.63, 3.8) is 0 Å². The molecule has 0 aliphatic heterocycles. The number of hydrogen-bond acceptors (Lipinski definition) is 5. The third kappa shape index (κ3) is 4.39. The Morgan fingerprint density at radius 1 is 0.821 bits per heavy atom. The highest BCUT2D eigenvalue weighted by Crippen LogP contribution is 2.26. The first kappa shape index (κ1) is 19.2. The first-order valence-electron chi connectivity index (χ1n) is 8.28. The summed E-state index contributed by atoms with van der Waals surface area (Å²) in [6, 6.07) is 19.8. The summed E-state index contributed by atoms with van der Waals surface area (Å²) in [6.07, 6.45) is 1.30. The van der Waals surface area contributed by atoms with Gasteiger partial charge in [0, 0.05) is 5.56 Å². The SMILES string of the molecule is O=C(C(=Cc1ccc(O)c(O)c1)NS(=O)(=O)c1ccccc1)c1ccccc1. The van der Waals surface area contributed by atoms with E-state index in [1.165, 1.54) is 36.4 Å². The number of hydrogen-bond donors (Lipinski definition) is 3. The molecular formula is C21H17NO5S. The fourth-order valence-electron chi connectivity index (χ4n) is 2.49. The number of benzene rings is 3. The van der Waals surface area contributed by atoms with Gasteiger partial charge in [0.05, 0.1) is 10.6 Å². The number of rotatable bonds is 6. The van der Waals surface area contributed by atoms with E-state index in [1.807, 2.05) is 0 Å². The van der Waals surface area contributed by atoms with Gasteiger partial charge in [-0.2, -0.15) is 0 Å². The fraction of sp³-hybridized carbons (Fsp3) is 0. The van der Waals surface area contributed by atoms with E-state index in [-0.39, 0.29) is 22.1 Å². The molecule has 3 N–H and O–H groups in total. The summed E-state index contributed by atoms with van der Waals surface area (Å²) in [5, 5.41) is 19.1. The Bertz CT molecular complexity index is 1120. The molecule has 0 aliphatic carbocycles. The Balaban J connectivity index is 2.05. The van der Waals surface area contributed by atoms with Crippen molar-refractivity contribution in [2.75, 3.05) is 0 Å². The number of sulfonamides is 1. The van der Waals surface area contributed by atoms with Crippen LogP contribution in [-0.4, -0.2) is 24.4 Å². The zero-order valence-electron chi connectivity index (χ0n) is 14.6. The van der Waals surface area contributed by atoms with Crippen LogP contribution in [0, 0.1) is 0 Å². The third-order valence-electron chi connectivity index (χ3n) is 3.89. The molecular weight excluding hydrogens is 378 g/mol. The van der Waals surface area contributed by atoms with E-state index in [4.69, 9.17) is 0 Å². The highest BCUT2D eigenvalue weighted by atomic mass is 32.2. The molecule has 28 heavy (non-hydrogen) atoms. The summed E-state index contributed by atoms with van der Waals surface area (Å²) in [5.41, 5.74) is 0.443. The van der Waals surface area contributed by atoms with Crippen molar-refractivity contribution in [2.45, 2.75) is 4.90 Å². The van der Waals surface area contributed by atoms with Gasteiger partial charge in [0.25, 0.3) is 10.0 Å². The van der Waals surface area contributed by atoms with Gasteiger partial charge in [-0.25, -0.2) is 8.42 Å². The van der Waals surface area contributed by atoms with E-state index in [0.717, 1.165) is 0 Å². The van der Waals surface area contributed by atoms with Gasteiger partial charge >= 0.3 is 0 Å². The quantitative estimate of drug-likeness (QED) is 0.338. The lowest BCUT2D eigenvalue weighted by Gasteiger charge is -2.12. The van der Waals surface area contributed by atoms with Crippen LogP contribution in [0.5, 0.6) is 11.5 Å². The minimum atomic E-state index is -4.00. The van der Waals surface area contributed by atoms with Crippen molar-refractivity contribution in [3.8, 4) is 11.5 Å². The molecule has 7 heteroatoms. The molecule has 0 heterocycles. The zero-order chi connectivity index (χ0) is 20.1.